The van der Waals surface area contributed by atoms with Crippen molar-refractivity contribution in [3.63, 3.8) is 0 Å². The molecular weight excluding hydrogens is 332 g/mol. The second kappa shape index (κ2) is 6.52. The molecule has 0 spiro atoms. The zero-order valence-corrected chi connectivity index (χ0v) is 14.1. The second-order valence-electron chi connectivity index (χ2n) is 5.34. The van der Waals surface area contributed by atoms with Crippen LogP contribution in [0.4, 0.5) is 11.6 Å². The SMILES string of the molecule is COc1ccc(OC)c(S(=O)(=O)Nc2ccc(NC3CC3)nn2)c1. The maximum absolute atomic E-state index is 12.6. The van der Waals surface area contributed by atoms with Gasteiger partial charge in [-0.15, -0.1) is 10.2 Å². The lowest BCUT2D eigenvalue weighted by molar-refractivity contribution is 0.392. The molecule has 1 aliphatic carbocycles. The summed E-state index contributed by atoms with van der Waals surface area (Å²) < 4.78 is 37.8. The molecule has 128 valence electrons. The van der Waals surface area contributed by atoms with E-state index in [1.807, 2.05) is 0 Å². The molecule has 1 aliphatic rings. The summed E-state index contributed by atoms with van der Waals surface area (Å²) in [6.07, 6.45) is 2.23. The van der Waals surface area contributed by atoms with Crippen LogP contribution in [0.15, 0.2) is 35.2 Å². The molecule has 3 rings (SSSR count). The Bertz CT molecular complexity index is 820. The number of rotatable bonds is 7. The molecule has 9 heteroatoms. The van der Waals surface area contributed by atoms with Gasteiger partial charge in [-0.25, -0.2) is 8.42 Å². The standard InChI is InChI=1S/C15H18N4O4S/c1-22-11-5-6-12(23-2)13(9-11)24(20,21)19-15-8-7-14(17-18-15)16-10-3-4-10/h5-10H,3-4H2,1-2H3,(H,16,17)(H,18,19). The Labute approximate surface area is 140 Å². The first-order valence-corrected chi connectivity index (χ1v) is 8.85. The molecule has 24 heavy (non-hydrogen) atoms. The number of nitrogens with zero attached hydrogens (tertiary/aromatic N) is 2. The fourth-order valence-electron chi connectivity index (χ4n) is 2.09. The molecular formula is C15H18N4O4S. The molecule has 0 atom stereocenters. The van der Waals surface area contributed by atoms with Crippen molar-refractivity contribution in [2.75, 3.05) is 24.3 Å². The molecule has 0 amide bonds. The molecule has 0 radical (unpaired) electrons. The van der Waals surface area contributed by atoms with Gasteiger partial charge in [0.15, 0.2) is 5.82 Å². The molecule has 1 aromatic carbocycles. The Kier molecular flexibility index (Phi) is 4.43. The second-order valence-corrected chi connectivity index (χ2v) is 7.00. The number of hydrogen-bond acceptors (Lipinski definition) is 7. The number of anilines is 2. The van der Waals surface area contributed by atoms with E-state index in [0.717, 1.165) is 12.8 Å². The topological polar surface area (TPSA) is 102 Å². The van der Waals surface area contributed by atoms with E-state index in [9.17, 15) is 8.42 Å². The molecule has 1 saturated carbocycles. The van der Waals surface area contributed by atoms with Gasteiger partial charge in [-0.3, -0.25) is 4.72 Å². The largest absolute Gasteiger partial charge is 0.497 e. The van der Waals surface area contributed by atoms with Crippen molar-refractivity contribution in [2.24, 2.45) is 0 Å². The summed E-state index contributed by atoms with van der Waals surface area (Å²) in [4.78, 5) is -0.0358. The third-order valence-corrected chi connectivity index (χ3v) is 4.87. The molecule has 1 fully saturated rings. The van der Waals surface area contributed by atoms with E-state index in [4.69, 9.17) is 9.47 Å². The average molecular weight is 350 g/mol. The highest BCUT2D eigenvalue weighted by Gasteiger charge is 2.23. The minimum atomic E-state index is -3.89. The van der Waals surface area contributed by atoms with Crippen LogP contribution < -0.4 is 19.5 Å². The van der Waals surface area contributed by atoms with Gasteiger partial charge in [0.1, 0.15) is 22.2 Å². The van der Waals surface area contributed by atoms with E-state index in [1.54, 1.807) is 18.2 Å². The average Bonchev–Trinajstić information content (AvgIpc) is 3.40. The van der Waals surface area contributed by atoms with Gasteiger partial charge in [-0.05, 0) is 37.1 Å². The summed E-state index contributed by atoms with van der Waals surface area (Å²) in [5.41, 5.74) is 0. The number of benzene rings is 1. The zero-order valence-electron chi connectivity index (χ0n) is 13.3. The minimum absolute atomic E-state index is 0.0358. The van der Waals surface area contributed by atoms with Crippen molar-refractivity contribution < 1.29 is 17.9 Å². The molecule has 0 unspecified atom stereocenters. The number of aromatic nitrogens is 2. The summed E-state index contributed by atoms with van der Waals surface area (Å²) in [5, 5.41) is 11.0. The summed E-state index contributed by atoms with van der Waals surface area (Å²) in [6.45, 7) is 0. The number of nitrogens with one attached hydrogen (secondary N) is 2. The van der Waals surface area contributed by atoms with Gasteiger partial charge < -0.3 is 14.8 Å². The maximum Gasteiger partial charge on any atom is 0.266 e. The van der Waals surface area contributed by atoms with Gasteiger partial charge in [0, 0.05) is 12.1 Å². The molecule has 2 aromatic rings. The molecule has 1 heterocycles. The predicted molar refractivity (Wildman–Crippen MR) is 89.0 cm³/mol. The molecule has 2 N–H and O–H groups in total. The quantitative estimate of drug-likeness (QED) is 0.786. The van der Waals surface area contributed by atoms with Gasteiger partial charge >= 0.3 is 0 Å². The van der Waals surface area contributed by atoms with Crippen LogP contribution in [0, 0.1) is 0 Å². The third kappa shape index (κ3) is 3.67. The zero-order chi connectivity index (χ0) is 17.2. The summed E-state index contributed by atoms with van der Waals surface area (Å²) in [6, 6.07) is 8.23. The van der Waals surface area contributed by atoms with E-state index in [1.165, 1.54) is 26.4 Å². The molecule has 8 nitrogen and oxygen atoms in total. The summed E-state index contributed by atoms with van der Waals surface area (Å²) >= 11 is 0. The van der Waals surface area contributed by atoms with Gasteiger partial charge in [0.05, 0.1) is 14.2 Å². The van der Waals surface area contributed by atoms with Crippen molar-refractivity contribution in [1.82, 2.24) is 10.2 Å². The predicted octanol–water partition coefficient (Wildman–Crippen LogP) is 1.87. The van der Waals surface area contributed by atoms with Crippen LogP contribution in [0.25, 0.3) is 0 Å². The molecule has 0 bridgehead atoms. The van der Waals surface area contributed by atoms with Crippen LogP contribution in [-0.2, 0) is 10.0 Å². The van der Waals surface area contributed by atoms with Crippen LogP contribution in [0.1, 0.15) is 12.8 Å². The normalized spacial score (nSPS) is 14.1. The highest BCUT2D eigenvalue weighted by atomic mass is 32.2. The number of ether oxygens (including phenoxy) is 2. The van der Waals surface area contributed by atoms with Gasteiger partial charge in [0.25, 0.3) is 10.0 Å². The van der Waals surface area contributed by atoms with Crippen molar-refractivity contribution in [3.05, 3.63) is 30.3 Å². The minimum Gasteiger partial charge on any atom is -0.497 e. The summed E-state index contributed by atoms with van der Waals surface area (Å²) in [7, 11) is -1.03. The third-order valence-electron chi connectivity index (χ3n) is 3.49. The van der Waals surface area contributed by atoms with Crippen LogP contribution in [0.5, 0.6) is 11.5 Å². The lowest BCUT2D eigenvalue weighted by Crippen LogP contribution is -2.16. The van der Waals surface area contributed by atoms with Gasteiger partial charge in [-0.1, -0.05) is 0 Å². The van der Waals surface area contributed by atoms with Crippen molar-refractivity contribution in [1.29, 1.82) is 0 Å². The Morgan fingerprint density at radius 2 is 1.75 bits per heavy atom. The monoisotopic (exact) mass is 350 g/mol. The van der Waals surface area contributed by atoms with Gasteiger partial charge in [-0.2, -0.15) is 0 Å². The summed E-state index contributed by atoms with van der Waals surface area (Å²) in [5.74, 6) is 1.37. The van der Waals surface area contributed by atoms with Gasteiger partial charge in [0.2, 0.25) is 0 Å². The van der Waals surface area contributed by atoms with Crippen molar-refractivity contribution >= 4 is 21.7 Å². The van der Waals surface area contributed by atoms with E-state index < -0.39 is 10.0 Å². The van der Waals surface area contributed by atoms with Crippen LogP contribution in [0.2, 0.25) is 0 Å². The Morgan fingerprint density at radius 3 is 2.33 bits per heavy atom. The highest BCUT2D eigenvalue weighted by molar-refractivity contribution is 7.92. The lowest BCUT2D eigenvalue weighted by Gasteiger charge is -2.12. The highest BCUT2D eigenvalue weighted by Crippen LogP contribution is 2.29. The first-order chi connectivity index (χ1) is 11.5. The number of methoxy groups -OCH3 is 2. The lowest BCUT2D eigenvalue weighted by atomic mass is 10.3. The van der Waals surface area contributed by atoms with Crippen molar-refractivity contribution in [3.8, 4) is 11.5 Å². The molecule has 1 aromatic heterocycles. The maximum atomic E-state index is 12.6. The number of sulfonamides is 1. The fourth-order valence-corrected chi connectivity index (χ4v) is 3.27. The van der Waals surface area contributed by atoms with E-state index in [2.05, 4.69) is 20.2 Å². The Balaban J connectivity index is 1.82. The van der Waals surface area contributed by atoms with E-state index in [0.29, 0.717) is 17.6 Å². The van der Waals surface area contributed by atoms with Crippen LogP contribution in [0.3, 0.4) is 0 Å². The van der Waals surface area contributed by atoms with Crippen molar-refractivity contribution in [2.45, 2.75) is 23.8 Å². The smallest absolute Gasteiger partial charge is 0.266 e. The molecule has 0 aliphatic heterocycles. The fraction of sp³-hybridized carbons (Fsp3) is 0.333. The van der Waals surface area contributed by atoms with E-state index in [-0.39, 0.29) is 16.5 Å². The first kappa shape index (κ1) is 16.3. The first-order valence-electron chi connectivity index (χ1n) is 7.37. The molecule has 0 saturated heterocycles. The van der Waals surface area contributed by atoms with Crippen LogP contribution >= 0.6 is 0 Å². The number of hydrogen-bond donors (Lipinski definition) is 2. The Hall–Kier alpha value is -2.55. The van der Waals surface area contributed by atoms with Crippen LogP contribution in [-0.4, -0.2) is 38.9 Å². The Morgan fingerprint density at radius 1 is 1.04 bits per heavy atom. The van der Waals surface area contributed by atoms with E-state index >= 15 is 0 Å².